The van der Waals surface area contributed by atoms with E-state index in [0.717, 1.165) is 29.9 Å². The van der Waals surface area contributed by atoms with E-state index in [9.17, 15) is 4.79 Å². The predicted octanol–water partition coefficient (Wildman–Crippen LogP) is 3.08. The molecule has 1 aromatic carbocycles. The van der Waals surface area contributed by atoms with E-state index in [1.165, 1.54) is 5.56 Å². The number of carbonyl (C=O) groups is 1. The zero-order valence-electron chi connectivity index (χ0n) is 12.9. The fraction of sp³-hybridized carbons (Fsp3) is 0.471. The van der Waals surface area contributed by atoms with Crippen LogP contribution in [0.1, 0.15) is 53.9 Å². The molecule has 114 valence electrons. The molecule has 22 heavy (non-hydrogen) atoms. The Labute approximate surface area is 129 Å². The van der Waals surface area contributed by atoms with E-state index in [2.05, 4.69) is 30.1 Å². The van der Waals surface area contributed by atoms with E-state index in [-0.39, 0.29) is 11.8 Å². The maximum Gasteiger partial charge on any atom is 0.232 e. The van der Waals surface area contributed by atoms with Crippen LogP contribution in [0.3, 0.4) is 0 Å². The minimum absolute atomic E-state index is 0.00686. The standard InChI is InChI=1S/C17H19N3O2/c1-10-4-3-5-14(11(10)2)20-9-13(8-15(20)21)17-18-16(19-22-17)12-6-7-12/h3-5,12-13H,6-9H2,1-2H3. The first-order chi connectivity index (χ1) is 10.6. The third kappa shape index (κ3) is 2.21. The molecule has 1 saturated heterocycles. The maximum atomic E-state index is 12.4. The number of benzene rings is 1. The fourth-order valence-electron chi connectivity index (χ4n) is 3.05. The van der Waals surface area contributed by atoms with Crippen LogP contribution in [0, 0.1) is 13.8 Å². The number of hydrogen-bond acceptors (Lipinski definition) is 4. The lowest BCUT2D eigenvalue weighted by molar-refractivity contribution is -0.117. The highest BCUT2D eigenvalue weighted by atomic mass is 16.5. The molecule has 1 aliphatic carbocycles. The van der Waals surface area contributed by atoms with E-state index >= 15 is 0 Å². The van der Waals surface area contributed by atoms with Crippen LogP contribution in [0.2, 0.25) is 0 Å². The number of rotatable bonds is 3. The zero-order valence-corrected chi connectivity index (χ0v) is 12.9. The van der Waals surface area contributed by atoms with Crippen molar-refractivity contribution in [1.82, 2.24) is 10.1 Å². The van der Waals surface area contributed by atoms with Gasteiger partial charge >= 0.3 is 0 Å². The van der Waals surface area contributed by atoms with Crippen molar-refractivity contribution >= 4 is 11.6 Å². The number of carbonyl (C=O) groups excluding carboxylic acids is 1. The number of aryl methyl sites for hydroxylation is 1. The average molecular weight is 297 g/mol. The normalized spacial score (nSPS) is 21.6. The van der Waals surface area contributed by atoms with Crippen LogP contribution in [0.4, 0.5) is 5.69 Å². The minimum atomic E-state index is 0.00686. The number of aromatic nitrogens is 2. The highest BCUT2D eigenvalue weighted by molar-refractivity contribution is 5.97. The van der Waals surface area contributed by atoms with Gasteiger partial charge in [-0.3, -0.25) is 4.79 Å². The third-order valence-corrected chi connectivity index (χ3v) is 4.74. The Morgan fingerprint density at radius 3 is 2.82 bits per heavy atom. The van der Waals surface area contributed by atoms with Gasteiger partial charge in [0.25, 0.3) is 0 Å². The van der Waals surface area contributed by atoms with E-state index in [0.29, 0.717) is 24.8 Å². The molecule has 1 saturated carbocycles. The largest absolute Gasteiger partial charge is 0.339 e. The summed E-state index contributed by atoms with van der Waals surface area (Å²) in [6.45, 7) is 4.75. The van der Waals surface area contributed by atoms with Crippen molar-refractivity contribution in [3.63, 3.8) is 0 Å². The lowest BCUT2D eigenvalue weighted by Crippen LogP contribution is -2.25. The summed E-state index contributed by atoms with van der Waals surface area (Å²) >= 11 is 0. The van der Waals surface area contributed by atoms with Gasteiger partial charge in [0.1, 0.15) is 0 Å². The van der Waals surface area contributed by atoms with Crippen molar-refractivity contribution in [2.45, 2.75) is 44.9 Å². The molecule has 0 spiro atoms. The molecule has 1 atom stereocenters. The van der Waals surface area contributed by atoms with Gasteiger partial charge in [-0.05, 0) is 43.9 Å². The van der Waals surface area contributed by atoms with Crippen molar-refractivity contribution < 1.29 is 9.32 Å². The Morgan fingerprint density at radius 1 is 1.23 bits per heavy atom. The van der Waals surface area contributed by atoms with Gasteiger partial charge in [-0.1, -0.05) is 17.3 Å². The topological polar surface area (TPSA) is 59.2 Å². The van der Waals surface area contributed by atoms with Crippen molar-refractivity contribution in [3.8, 4) is 0 Å². The van der Waals surface area contributed by atoms with Crippen LogP contribution in [-0.4, -0.2) is 22.6 Å². The molecule has 1 aliphatic heterocycles. The molecule has 1 aromatic heterocycles. The molecule has 5 heteroatoms. The Balaban J connectivity index is 1.58. The molecule has 0 bridgehead atoms. The van der Waals surface area contributed by atoms with Crippen LogP contribution < -0.4 is 4.90 Å². The summed E-state index contributed by atoms with van der Waals surface area (Å²) in [5.74, 6) is 2.04. The molecular formula is C17H19N3O2. The van der Waals surface area contributed by atoms with Gasteiger partial charge in [-0.2, -0.15) is 4.98 Å². The first-order valence-corrected chi connectivity index (χ1v) is 7.83. The van der Waals surface area contributed by atoms with Gasteiger partial charge in [0.15, 0.2) is 5.82 Å². The Morgan fingerprint density at radius 2 is 2.05 bits per heavy atom. The smallest absolute Gasteiger partial charge is 0.232 e. The van der Waals surface area contributed by atoms with Gasteiger partial charge in [-0.15, -0.1) is 0 Å². The van der Waals surface area contributed by atoms with E-state index in [1.54, 1.807) is 0 Å². The second kappa shape index (κ2) is 4.93. The van der Waals surface area contributed by atoms with Crippen molar-refractivity contribution in [2.75, 3.05) is 11.4 Å². The lowest BCUT2D eigenvalue weighted by atomic mass is 10.1. The second-order valence-corrected chi connectivity index (χ2v) is 6.39. The van der Waals surface area contributed by atoms with E-state index in [4.69, 9.17) is 4.52 Å². The van der Waals surface area contributed by atoms with Gasteiger partial charge in [0.05, 0.1) is 5.92 Å². The van der Waals surface area contributed by atoms with E-state index < -0.39 is 0 Å². The molecular weight excluding hydrogens is 278 g/mol. The zero-order chi connectivity index (χ0) is 15.3. The summed E-state index contributed by atoms with van der Waals surface area (Å²) in [6, 6.07) is 6.07. The van der Waals surface area contributed by atoms with Gasteiger partial charge in [0.2, 0.25) is 11.8 Å². The Hall–Kier alpha value is -2.17. The summed E-state index contributed by atoms with van der Waals surface area (Å²) in [5.41, 5.74) is 3.35. The SMILES string of the molecule is Cc1cccc(N2CC(c3nc(C4CC4)no3)CC2=O)c1C. The highest BCUT2D eigenvalue weighted by Crippen LogP contribution is 2.39. The number of anilines is 1. The molecule has 2 aromatic rings. The van der Waals surface area contributed by atoms with Crippen molar-refractivity contribution in [3.05, 3.63) is 41.0 Å². The van der Waals surface area contributed by atoms with Crippen molar-refractivity contribution in [2.24, 2.45) is 0 Å². The average Bonchev–Trinajstić information content (AvgIpc) is 3.11. The highest BCUT2D eigenvalue weighted by Gasteiger charge is 2.37. The molecule has 2 heterocycles. The Bertz CT molecular complexity index is 733. The quantitative estimate of drug-likeness (QED) is 0.873. The second-order valence-electron chi connectivity index (χ2n) is 6.39. The Kier molecular flexibility index (Phi) is 3.03. The fourth-order valence-corrected chi connectivity index (χ4v) is 3.05. The predicted molar refractivity (Wildman–Crippen MR) is 81.9 cm³/mol. The van der Waals surface area contributed by atoms with Crippen LogP contribution in [0.25, 0.3) is 0 Å². The van der Waals surface area contributed by atoms with Gasteiger partial charge < -0.3 is 9.42 Å². The van der Waals surface area contributed by atoms with Gasteiger partial charge in [0, 0.05) is 24.6 Å². The van der Waals surface area contributed by atoms with Gasteiger partial charge in [-0.25, -0.2) is 0 Å². The van der Waals surface area contributed by atoms with E-state index in [1.807, 2.05) is 17.0 Å². The molecule has 0 N–H and O–H groups in total. The molecule has 1 amide bonds. The maximum absolute atomic E-state index is 12.4. The molecule has 5 nitrogen and oxygen atoms in total. The van der Waals surface area contributed by atoms with Crippen LogP contribution >= 0.6 is 0 Å². The number of hydrogen-bond donors (Lipinski definition) is 0. The molecule has 2 aliphatic rings. The van der Waals surface area contributed by atoms with Crippen LogP contribution in [0.15, 0.2) is 22.7 Å². The summed E-state index contributed by atoms with van der Waals surface area (Å²) in [4.78, 5) is 18.8. The molecule has 0 radical (unpaired) electrons. The lowest BCUT2D eigenvalue weighted by Gasteiger charge is -2.19. The third-order valence-electron chi connectivity index (χ3n) is 4.74. The van der Waals surface area contributed by atoms with Crippen LogP contribution in [0.5, 0.6) is 0 Å². The molecule has 1 unspecified atom stereocenters. The molecule has 2 fully saturated rings. The summed E-state index contributed by atoms with van der Waals surface area (Å²) in [7, 11) is 0. The number of nitrogens with zero attached hydrogens (tertiary/aromatic N) is 3. The minimum Gasteiger partial charge on any atom is -0.339 e. The summed E-state index contributed by atoms with van der Waals surface area (Å²) in [6.07, 6.45) is 2.74. The first kappa shape index (κ1) is 13.5. The first-order valence-electron chi connectivity index (χ1n) is 7.83. The summed E-state index contributed by atoms with van der Waals surface area (Å²) in [5, 5.41) is 4.06. The summed E-state index contributed by atoms with van der Waals surface area (Å²) < 4.78 is 5.40. The monoisotopic (exact) mass is 297 g/mol. The number of amides is 1. The molecule has 4 rings (SSSR count). The van der Waals surface area contributed by atoms with Crippen LogP contribution in [-0.2, 0) is 4.79 Å². The van der Waals surface area contributed by atoms with Crippen molar-refractivity contribution in [1.29, 1.82) is 0 Å².